The number of fused-ring (bicyclic) bond motifs is 1. The molecule has 3 rings (SSSR count). The number of phenols is 1. The van der Waals surface area contributed by atoms with Crippen molar-refractivity contribution in [2.45, 2.75) is 26.8 Å². The number of ether oxygens (including phenoxy) is 1. The number of hydrogen-bond acceptors (Lipinski definition) is 6. The number of carbonyl (C=O) groups excluding carboxylic acids is 1. The zero-order valence-corrected chi connectivity index (χ0v) is 16.5. The minimum Gasteiger partial charge on any atom is -0.508 e. The predicted octanol–water partition coefficient (Wildman–Crippen LogP) is 3.19. The summed E-state index contributed by atoms with van der Waals surface area (Å²) >= 11 is 0. The summed E-state index contributed by atoms with van der Waals surface area (Å²) in [6.07, 6.45) is 0.672. The van der Waals surface area contributed by atoms with Crippen molar-refractivity contribution in [3.8, 4) is 11.5 Å². The second-order valence-corrected chi connectivity index (χ2v) is 6.54. The number of rotatable bonds is 8. The molecule has 1 heterocycles. The molecule has 1 amide bonds. The molecule has 0 aliphatic rings. The molecule has 7 nitrogen and oxygen atoms in total. The largest absolute Gasteiger partial charge is 0.508 e. The van der Waals surface area contributed by atoms with E-state index < -0.39 is 5.63 Å². The standard InChI is InChI=1S/C22H24N2O5/c1-3-14-9-18-15(10-22(27)29-20(18)11-19(14)25)12-24-16-5-7-17(8-6-16)28-13-21(26)23-4-2/h5-11,24-25H,3-4,12-13H2,1-2H3,(H,23,26). The fraction of sp³-hybridized carbons (Fsp3) is 0.273. The van der Waals surface area contributed by atoms with E-state index in [0.29, 0.717) is 30.8 Å². The first kappa shape index (κ1) is 20.3. The van der Waals surface area contributed by atoms with Crippen molar-refractivity contribution in [2.75, 3.05) is 18.5 Å². The molecule has 7 heteroatoms. The van der Waals surface area contributed by atoms with Crippen LogP contribution in [0.15, 0.2) is 51.7 Å². The molecule has 0 aliphatic carbocycles. The zero-order valence-electron chi connectivity index (χ0n) is 16.5. The number of aryl methyl sites for hydroxylation is 1. The number of benzene rings is 2. The van der Waals surface area contributed by atoms with Crippen LogP contribution in [0.1, 0.15) is 25.0 Å². The number of anilines is 1. The normalized spacial score (nSPS) is 10.7. The molecule has 0 saturated carbocycles. The molecule has 0 unspecified atom stereocenters. The van der Waals surface area contributed by atoms with Crippen molar-refractivity contribution in [3.63, 3.8) is 0 Å². The molecule has 29 heavy (non-hydrogen) atoms. The fourth-order valence-electron chi connectivity index (χ4n) is 3.00. The number of amides is 1. The maximum Gasteiger partial charge on any atom is 0.336 e. The third kappa shape index (κ3) is 5.07. The second-order valence-electron chi connectivity index (χ2n) is 6.54. The van der Waals surface area contributed by atoms with E-state index in [1.807, 2.05) is 32.0 Å². The van der Waals surface area contributed by atoms with Crippen LogP contribution < -0.4 is 21.0 Å². The summed E-state index contributed by atoms with van der Waals surface area (Å²) in [4.78, 5) is 23.3. The molecule has 0 spiro atoms. The molecule has 0 fully saturated rings. The summed E-state index contributed by atoms with van der Waals surface area (Å²) in [7, 11) is 0. The monoisotopic (exact) mass is 396 g/mol. The number of hydrogen-bond donors (Lipinski definition) is 3. The summed E-state index contributed by atoms with van der Waals surface area (Å²) < 4.78 is 10.7. The van der Waals surface area contributed by atoms with E-state index in [1.54, 1.807) is 12.1 Å². The van der Waals surface area contributed by atoms with Gasteiger partial charge in [-0.15, -0.1) is 0 Å². The van der Waals surface area contributed by atoms with Gasteiger partial charge in [0.25, 0.3) is 5.91 Å². The van der Waals surface area contributed by atoms with Gasteiger partial charge in [-0.2, -0.15) is 0 Å². The SMILES string of the molecule is CCNC(=O)COc1ccc(NCc2cc(=O)oc3cc(O)c(CC)cc23)cc1. The Balaban J connectivity index is 1.72. The van der Waals surface area contributed by atoms with Gasteiger partial charge in [0.05, 0.1) is 0 Å². The Morgan fingerprint density at radius 3 is 2.55 bits per heavy atom. The van der Waals surface area contributed by atoms with Crippen molar-refractivity contribution in [1.29, 1.82) is 0 Å². The highest BCUT2D eigenvalue weighted by Gasteiger charge is 2.10. The first-order chi connectivity index (χ1) is 14.0. The smallest absolute Gasteiger partial charge is 0.336 e. The lowest BCUT2D eigenvalue weighted by atomic mass is 10.0. The maximum absolute atomic E-state index is 11.9. The number of phenolic OH excluding ortho intramolecular Hbond substituents is 1. The highest BCUT2D eigenvalue weighted by Crippen LogP contribution is 2.27. The van der Waals surface area contributed by atoms with Gasteiger partial charge in [0.1, 0.15) is 17.1 Å². The molecule has 0 bridgehead atoms. The van der Waals surface area contributed by atoms with Gasteiger partial charge in [0, 0.05) is 36.3 Å². The summed E-state index contributed by atoms with van der Waals surface area (Å²) in [5.74, 6) is 0.550. The molecule has 0 saturated heterocycles. The van der Waals surface area contributed by atoms with Crippen LogP contribution in [0.5, 0.6) is 11.5 Å². The van der Waals surface area contributed by atoms with Gasteiger partial charge in [-0.05, 0) is 54.8 Å². The van der Waals surface area contributed by atoms with Crippen LogP contribution in [0, 0.1) is 0 Å². The first-order valence-electron chi connectivity index (χ1n) is 9.52. The average molecular weight is 396 g/mol. The lowest BCUT2D eigenvalue weighted by Crippen LogP contribution is -2.28. The van der Waals surface area contributed by atoms with Crippen LogP contribution in [-0.2, 0) is 17.8 Å². The van der Waals surface area contributed by atoms with Gasteiger partial charge < -0.3 is 24.9 Å². The number of aromatic hydroxyl groups is 1. The van der Waals surface area contributed by atoms with Crippen molar-refractivity contribution >= 4 is 22.6 Å². The van der Waals surface area contributed by atoms with Crippen LogP contribution in [0.3, 0.4) is 0 Å². The highest BCUT2D eigenvalue weighted by molar-refractivity contribution is 5.83. The highest BCUT2D eigenvalue weighted by atomic mass is 16.5. The fourth-order valence-corrected chi connectivity index (χ4v) is 3.00. The number of likely N-dealkylation sites (N-methyl/N-ethyl adjacent to an activating group) is 1. The Bertz CT molecular complexity index is 1060. The molecule has 3 aromatic rings. The molecular weight excluding hydrogens is 372 g/mol. The molecule has 152 valence electrons. The van der Waals surface area contributed by atoms with Crippen LogP contribution >= 0.6 is 0 Å². The van der Waals surface area contributed by atoms with Gasteiger partial charge in [0.2, 0.25) is 0 Å². The molecule has 0 radical (unpaired) electrons. The Morgan fingerprint density at radius 1 is 1.10 bits per heavy atom. The van der Waals surface area contributed by atoms with E-state index in [-0.39, 0.29) is 18.3 Å². The van der Waals surface area contributed by atoms with Crippen molar-refractivity contribution < 1.29 is 19.1 Å². The van der Waals surface area contributed by atoms with Gasteiger partial charge in [-0.25, -0.2) is 4.79 Å². The van der Waals surface area contributed by atoms with Gasteiger partial charge in [-0.3, -0.25) is 4.79 Å². The van der Waals surface area contributed by atoms with E-state index in [0.717, 1.165) is 22.2 Å². The van der Waals surface area contributed by atoms with Gasteiger partial charge >= 0.3 is 5.63 Å². The minimum absolute atomic E-state index is 0.0288. The first-order valence-corrected chi connectivity index (χ1v) is 9.52. The molecular formula is C22H24N2O5. The minimum atomic E-state index is -0.466. The summed E-state index contributed by atoms with van der Waals surface area (Å²) in [6, 6.07) is 12.0. The van der Waals surface area contributed by atoms with Crippen molar-refractivity contribution in [2.24, 2.45) is 0 Å². The lowest BCUT2D eigenvalue weighted by Gasteiger charge is -2.11. The maximum atomic E-state index is 11.9. The third-order valence-electron chi connectivity index (χ3n) is 4.49. The Kier molecular flexibility index (Phi) is 6.39. The van der Waals surface area contributed by atoms with Crippen molar-refractivity contribution in [1.82, 2.24) is 5.32 Å². The average Bonchev–Trinajstić information content (AvgIpc) is 2.71. The molecule has 2 aromatic carbocycles. The van der Waals surface area contributed by atoms with Gasteiger partial charge in [-0.1, -0.05) is 6.92 Å². The van der Waals surface area contributed by atoms with Gasteiger partial charge in [0.15, 0.2) is 6.61 Å². The topological polar surface area (TPSA) is 101 Å². The second kappa shape index (κ2) is 9.14. The van der Waals surface area contributed by atoms with Crippen LogP contribution in [0.4, 0.5) is 5.69 Å². The van der Waals surface area contributed by atoms with E-state index >= 15 is 0 Å². The van der Waals surface area contributed by atoms with Crippen molar-refractivity contribution in [3.05, 3.63) is 64.0 Å². The summed E-state index contributed by atoms with van der Waals surface area (Å²) in [6.45, 7) is 4.75. The molecule has 1 aromatic heterocycles. The molecule has 3 N–H and O–H groups in total. The summed E-state index contributed by atoms with van der Waals surface area (Å²) in [5, 5.41) is 16.7. The van der Waals surface area contributed by atoms with Crippen LogP contribution in [0.25, 0.3) is 11.0 Å². The molecule has 0 aliphatic heterocycles. The van der Waals surface area contributed by atoms with Crippen LogP contribution in [-0.4, -0.2) is 24.2 Å². The lowest BCUT2D eigenvalue weighted by molar-refractivity contribution is -0.122. The van der Waals surface area contributed by atoms with E-state index in [4.69, 9.17) is 9.15 Å². The van der Waals surface area contributed by atoms with E-state index in [2.05, 4.69) is 10.6 Å². The zero-order chi connectivity index (χ0) is 20.8. The number of nitrogens with one attached hydrogen (secondary N) is 2. The molecule has 0 atom stereocenters. The summed E-state index contributed by atoms with van der Waals surface area (Å²) in [5.41, 5.74) is 2.31. The van der Waals surface area contributed by atoms with E-state index in [1.165, 1.54) is 12.1 Å². The number of carbonyl (C=O) groups is 1. The van der Waals surface area contributed by atoms with Crippen LogP contribution in [0.2, 0.25) is 0 Å². The van der Waals surface area contributed by atoms with E-state index in [9.17, 15) is 14.7 Å². The Labute approximate surface area is 168 Å². The Hall–Kier alpha value is -3.48. The quantitative estimate of drug-likeness (QED) is 0.506. The Morgan fingerprint density at radius 2 is 1.86 bits per heavy atom. The third-order valence-corrected chi connectivity index (χ3v) is 4.49. The predicted molar refractivity (Wildman–Crippen MR) is 111 cm³/mol.